The zero-order chi connectivity index (χ0) is 19.4. The molecule has 27 heavy (non-hydrogen) atoms. The summed E-state index contributed by atoms with van der Waals surface area (Å²) in [6, 6.07) is 11.7. The van der Waals surface area contributed by atoms with Crippen LogP contribution in [0.3, 0.4) is 0 Å². The number of aryl methyl sites for hydroxylation is 2. The summed E-state index contributed by atoms with van der Waals surface area (Å²) in [5, 5.41) is 9.50. The quantitative estimate of drug-likeness (QED) is 0.571. The average Bonchev–Trinajstić information content (AvgIpc) is 2.66. The second-order valence-electron chi connectivity index (χ2n) is 5.87. The molecule has 0 atom stereocenters. The largest absolute Gasteiger partial charge is 0.472 e. The topological polar surface area (TPSA) is 68.0 Å². The smallest absolute Gasteiger partial charge is 0.225 e. The first-order valence-electron chi connectivity index (χ1n) is 8.05. The molecule has 0 radical (unpaired) electrons. The second-order valence-corrected chi connectivity index (χ2v) is 6.21. The molecule has 0 fully saturated rings. The first-order chi connectivity index (χ1) is 13.0. The summed E-state index contributed by atoms with van der Waals surface area (Å²) < 4.78 is 25.0. The lowest BCUT2D eigenvalue weighted by molar-refractivity contribution is 0.291. The first kappa shape index (κ1) is 18.6. The van der Waals surface area contributed by atoms with E-state index in [0.29, 0.717) is 28.5 Å². The number of halogens is 2. The summed E-state index contributed by atoms with van der Waals surface area (Å²) in [7, 11) is 0. The summed E-state index contributed by atoms with van der Waals surface area (Å²) in [5.41, 5.74) is 2.34. The molecular weight excluding hydrogens is 369 g/mol. The molecule has 0 N–H and O–H groups in total. The molecule has 0 amide bonds. The normalized spacial score (nSPS) is 10.3. The van der Waals surface area contributed by atoms with Crippen LogP contribution in [0, 0.1) is 31.0 Å². The van der Waals surface area contributed by atoms with Crippen molar-refractivity contribution >= 4 is 11.6 Å². The summed E-state index contributed by atoms with van der Waals surface area (Å²) in [6.45, 7) is 3.67. The van der Waals surface area contributed by atoms with E-state index in [-0.39, 0.29) is 17.7 Å². The molecule has 0 spiro atoms. The number of hydrogen-bond acceptors (Lipinski definition) is 5. The van der Waals surface area contributed by atoms with Crippen molar-refractivity contribution in [2.45, 2.75) is 20.5 Å². The van der Waals surface area contributed by atoms with E-state index in [1.54, 1.807) is 43.5 Å². The van der Waals surface area contributed by atoms with Crippen molar-refractivity contribution in [3.05, 3.63) is 75.9 Å². The maximum absolute atomic E-state index is 13.7. The van der Waals surface area contributed by atoms with E-state index in [1.165, 1.54) is 6.07 Å². The third-order valence-electron chi connectivity index (χ3n) is 3.81. The molecule has 0 saturated heterocycles. The number of ether oxygens (including phenoxy) is 2. The van der Waals surface area contributed by atoms with Gasteiger partial charge in [0, 0.05) is 17.8 Å². The maximum Gasteiger partial charge on any atom is 0.225 e. The Morgan fingerprint density at radius 3 is 2.70 bits per heavy atom. The van der Waals surface area contributed by atoms with Gasteiger partial charge in [0.2, 0.25) is 11.2 Å². The van der Waals surface area contributed by atoms with E-state index in [9.17, 15) is 9.65 Å². The van der Waals surface area contributed by atoms with Crippen LogP contribution >= 0.6 is 11.6 Å². The predicted molar refractivity (Wildman–Crippen MR) is 98.5 cm³/mol. The predicted octanol–water partition coefficient (Wildman–Crippen LogP) is 5.13. The Balaban J connectivity index is 1.76. The minimum absolute atomic E-state index is 0.0994. The van der Waals surface area contributed by atoms with E-state index >= 15 is 0 Å². The third kappa shape index (κ3) is 4.52. The molecule has 0 aliphatic rings. The Kier molecular flexibility index (Phi) is 5.53. The van der Waals surface area contributed by atoms with Crippen LogP contribution < -0.4 is 9.47 Å². The zero-order valence-electron chi connectivity index (χ0n) is 14.7. The van der Waals surface area contributed by atoms with Crippen LogP contribution in [0.4, 0.5) is 4.39 Å². The lowest BCUT2D eigenvalue weighted by Gasteiger charge is -2.11. The Labute approximate surface area is 161 Å². The fraction of sp³-hybridized carbons (Fsp3) is 0.150. The highest BCUT2D eigenvalue weighted by molar-refractivity contribution is 6.28. The monoisotopic (exact) mass is 383 g/mol. The van der Waals surface area contributed by atoms with Crippen molar-refractivity contribution in [3.8, 4) is 23.4 Å². The maximum atomic E-state index is 13.7. The molecule has 0 saturated carbocycles. The molecule has 0 aliphatic carbocycles. The fourth-order valence-corrected chi connectivity index (χ4v) is 2.44. The second kappa shape index (κ2) is 8.02. The molecule has 3 aromatic rings. The van der Waals surface area contributed by atoms with Crippen LogP contribution in [0.1, 0.15) is 22.3 Å². The minimum Gasteiger partial charge on any atom is -0.472 e. The number of nitriles is 1. The van der Waals surface area contributed by atoms with Crippen LogP contribution in [0.2, 0.25) is 5.28 Å². The van der Waals surface area contributed by atoms with Crippen LogP contribution in [-0.2, 0) is 6.61 Å². The molecule has 7 heteroatoms. The highest BCUT2D eigenvalue weighted by atomic mass is 35.5. The minimum atomic E-state index is -0.366. The van der Waals surface area contributed by atoms with Gasteiger partial charge in [0.25, 0.3) is 0 Å². The molecule has 3 rings (SSSR count). The Morgan fingerprint density at radius 1 is 1.15 bits per heavy atom. The fourth-order valence-electron chi connectivity index (χ4n) is 2.31. The third-order valence-corrected chi connectivity index (χ3v) is 3.99. The molecule has 0 aliphatic heterocycles. The average molecular weight is 384 g/mol. The Hall–Kier alpha value is -3.17. The van der Waals surface area contributed by atoms with Crippen molar-refractivity contribution in [1.82, 2.24) is 9.97 Å². The van der Waals surface area contributed by atoms with Crippen molar-refractivity contribution in [2.75, 3.05) is 0 Å². The Bertz CT molecular complexity index is 1030. The van der Waals surface area contributed by atoms with E-state index < -0.39 is 0 Å². The summed E-state index contributed by atoms with van der Waals surface area (Å²) in [4.78, 5) is 7.90. The highest BCUT2D eigenvalue weighted by Gasteiger charge is 2.10. The molecule has 0 unspecified atom stereocenters. The van der Waals surface area contributed by atoms with E-state index in [2.05, 4.69) is 16.0 Å². The molecular formula is C20H15ClFN3O2. The number of aromatic nitrogens is 2. The summed E-state index contributed by atoms with van der Waals surface area (Å²) >= 11 is 5.78. The van der Waals surface area contributed by atoms with Gasteiger partial charge in [-0.2, -0.15) is 10.2 Å². The summed E-state index contributed by atoms with van der Waals surface area (Å²) in [5.74, 6) is 0.675. The molecule has 5 nitrogen and oxygen atoms in total. The molecule has 2 aromatic carbocycles. The number of benzene rings is 2. The highest BCUT2D eigenvalue weighted by Crippen LogP contribution is 2.27. The Morgan fingerprint density at radius 2 is 1.96 bits per heavy atom. The van der Waals surface area contributed by atoms with Gasteiger partial charge < -0.3 is 9.47 Å². The van der Waals surface area contributed by atoms with Crippen LogP contribution in [0.5, 0.6) is 17.4 Å². The van der Waals surface area contributed by atoms with Gasteiger partial charge in [0.15, 0.2) is 0 Å². The lowest BCUT2D eigenvalue weighted by Crippen LogP contribution is -2.01. The number of rotatable bonds is 5. The molecule has 136 valence electrons. The van der Waals surface area contributed by atoms with Crippen molar-refractivity contribution < 1.29 is 13.9 Å². The first-order valence-corrected chi connectivity index (χ1v) is 8.43. The lowest BCUT2D eigenvalue weighted by atomic mass is 10.1. The van der Waals surface area contributed by atoms with Gasteiger partial charge >= 0.3 is 0 Å². The zero-order valence-corrected chi connectivity index (χ0v) is 15.4. The van der Waals surface area contributed by atoms with Gasteiger partial charge in [-0.1, -0.05) is 12.1 Å². The van der Waals surface area contributed by atoms with Gasteiger partial charge in [-0.3, -0.25) is 0 Å². The molecule has 0 bridgehead atoms. The van der Waals surface area contributed by atoms with Gasteiger partial charge in [0.05, 0.1) is 5.56 Å². The van der Waals surface area contributed by atoms with E-state index in [1.807, 2.05) is 6.92 Å². The number of nitrogens with zero attached hydrogens (tertiary/aromatic N) is 3. The van der Waals surface area contributed by atoms with Gasteiger partial charge in [-0.15, -0.1) is 0 Å². The molecule has 1 aromatic heterocycles. The van der Waals surface area contributed by atoms with Crippen LogP contribution in [0.25, 0.3) is 0 Å². The van der Waals surface area contributed by atoms with Crippen molar-refractivity contribution in [3.63, 3.8) is 0 Å². The van der Waals surface area contributed by atoms with Gasteiger partial charge in [-0.05, 0) is 54.8 Å². The van der Waals surface area contributed by atoms with Crippen molar-refractivity contribution in [2.24, 2.45) is 0 Å². The standard InChI is InChI=1S/C20H15ClFN3O2/c1-12-3-5-16(8-17(12)22)27-18-6-4-14(7-15(18)9-23)11-26-19-13(2)10-24-20(21)25-19/h3-8,10H,11H2,1-2H3. The number of hydrogen-bond donors (Lipinski definition) is 0. The van der Waals surface area contributed by atoms with E-state index in [4.69, 9.17) is 21.1 Å². The molecule has 1 heterocycles. The van der Waals surface area contributed by atoms with Crippen LogP contribution in [0.15, 0.2) is 42.6 Å². The van der Waals surface area contributed by atoms with Gasteiger partial charge in [0.1, 0.15) is 30.0 Å². The van der Waals surface area contributed by atoms with Gasteiger partial charge in [-0.25, -0.2) is 9.37 Å². The summed E-state index contributed by atoms with van der Waals surface area (Å²) in [6.07, 6.45) is 1.57. The van der Waals surface area contributed by atoms with E-state index in [0.717, 1.165) is 11.1 Å². The van der Waals surface area contributed by atoms with Crippen LogP contribution in [-0.4, -0.2) is 9.97 Å². The van der Waals surface area contributed by atoms with Crippen molar-refractivity contribution in [1.29, 1.82) is 5.26 Å². The SMILES string of the molecule is Cc1ccc(Oc2ccc(COc3nc(Cl)ncc3C)cc2C#N)cc1F.